The predicted molar refractivity (Wildman–Crippen MR) is 124 cm³/mol. The third-order valence-electron chi connectivity index (χ3n) is 5.32. The molecule has 1 aromatic heterocycles. The SMILES string of the molecule is CCCCCCCCOc1ccc2c(OCCCC)c(OC)c(=O)n(C(C)C)c2c1. The second kappa shape index (κ2) is 12.5. The molecule has 2 rings (SSSR count). The molecule has 0 radical (unpaired) electrons. The molecule has 0 bridgehead atoms. The molecule has 0 atom stereocenters. The van der Waals surface area contributed by atoms with Gasteiger partial charge in [0.15, 0.2) is 5.75 Å². The van der Waals surface area contributed by atoms with Crippen LogP contribution in [-0.4, -0.2) is 24.9 Å². The first-order valence-electron chi connectivity index (χ1n) is 11.6. The summed E-state index contributed by atoms with van der Waals surface area (Å²) in [5, 5.41) is 0.878. The molecule has 0 aliphatic heterocycles. The van der Waals surface area contributed by atoms with E-state index in [0.717, 1.165) is 35.9 Å². The smallest absolute Gasteiger partial charge is 0.297 e. The van der Waals surface area contributed by atoms with E-state index in [4.69, 9.17) is 14.2 Å². The second-order valence-electron chi connectivity index (χ2n) is 8.13. The molecular weight excluding hydrogens is 378 g/mol. The molecule has 168 valence electrons. The van der Waals surface area contributed by atoms with Crippen LogP contribution in [-0.2, 0) is 0 Å². The van der Waals surface area contributed by atoms with Crippen molar-refractivity contribution in [3.05, 3.63) is 28.6 Å². The average Bonchev–Trinajstić information content (AvgIpc) is 2.72. The van der Waals surface area contributed by atoms with Gasteiger partial charge in [-0.2, -0.15) is 0 Å². The average molecular weight is 418 g/mol. The lowest BCUT2D eigenvalue weighted by molar-refractivity contribution is 0.288. The highest BCUT2D eigenvalue weighted by Crippen LogP contribution is 2.35. The Hall–Kier alpha value is -2.17. The summed E-state index contributed by atoms with van der Waals surface area (Å²) in [6.45, 7) is 9.60. The summed E-state index contributed by atoms with van der Waals surface area (Å²) in [6.07, 6.45) is 9.33. The quantitative estimate of drug-likeness (QED) is 0.329. The number of pyridine rings is 1. The number of unbranched alkanes of at least 4 members (excludes halogenated alkanes) is 6. The van der Waals surface area contributed by atoms with E-state index >= 15 is 0 Å². The summed E-state index contributed by atoms with van der Waals surface area (Å²) in [6, 6.07) is 5.89. The van der Waals surface area contributed by atoms with Crippen LogP contribution in [0.2, 0.25) is 0 Å². The lowest BCUT2D eigenvalue weighted by Crippen LogP contribution is -2.24. The Bertz CT molecular complexity index is 841. The van der Waals surface area contributed by atoms with E-state index in [9.17, 15) is 4.79 Å². The molecule has 0 unspecified atom stereocenters. The lowest BCUT2D eigenvalue weighted by Gasteiger charge is -2.20. The monoisotopic (exact) mass is 417 g/mol. The first-order valence-corrected chi connectivity index (χ1v) is 11.6. The largest absolute Gasteiger partial charge is 0.494 e. The number of fused-ring (bicyclic) bond motifs is 1. The maximum atomic E-state index is 13.1. The van der Waals surface area contributed by atoms with Crippen molar-refractivity contribution in [2.45, 2.75) is 85.1 Å². The highest BCUT2D eigenvalue weighted by molar-refractivity contribution is 5.89. The summed E-state index contributed by atoms with van der Waals surface area (Å²) in [5.41, 5.74) is 0.655. The van der Waals surface area contributed by atoms with E-state index in [-0.39, 0.29) is 17.4 Å². The van der Waals surface area contributed by atoms with Crippen LogP contribution in [0.15, 0.2) is 23.0 Å². The van der Waals surface area contributed by atoms with Crippen molar-refractivity contribution < 1.29 is 14.2 Å². The predicted octanol–water partition coefficient (Wildman–Crippen LogP) is 6.51. The number of rotatable bonds is 14. The zero-order valence-corrected chi connectivity index (χ0v) is 19.5. The Labute approximate surface area is 181 Å². The molecule has 0 saturated carbocycles. The van der Waals surface area contributed by atoms with Crippen molar-refractivity contribution in [3.8, 4) is 17.2 Å². The molecule has 0 aliphatic carbocycles. The van der Waals surface area contributed by atoms with Crippen molar-refractivity contribution in [1.82, 2.24) is 4.57 Å². The van der Waals surface area contributed by atoms with E-state index in [1.54, 1.807) is 4.57 Å². The van der Waals surface area contributed by atoms with E-state index in [0.29, 0.717) is 19.0 Å². The van der Waals surface area contributed by atoms with Gasteiger partial charge in [0.1, 0.15) is 5.75 Å². The molecule has 0 fully saturated rings. The molecule has 1 aromatic carbocycles. The lowest BCUT2D eigenvalue weighted by atomic mass is 10.1. The van der Waals surface area contributed by atoms with Crippen molar-refractivity contribution >= 4 is 10.9 Å². The van der Waals surface area contributed by atoms with E-state index in [1.807, 2.05) is 32.0 Å². The van der Waals surface area contributed by atoms with Gasteiger partial charge in [0.25, 0.3) is 5.56 Å². The van der Waals surface area contributed by atoms with Gasteiger partial charge in [0, 0.05) is 17.5 Å². The van der Waals surface area contributed by atoms with Crippen LogP contribution in [0.3, 0.4) is 0 Å². The standard InChI is InChI=1S/C25H39NO4/c1-6-8-10-11-12-13-17-29-20-14-15-21-22(18-20)26(19(3)4)25(27)24(28-5)23(21)30-16-9-7-2/h14-15,18-19H,6-13,16-17H2,1-5H3. The minimum Gasteiger partial charge on any atom is -0.494 e. The van der Waals surface area contributed by atoms with Crippen LogP contribution in [0.25, 0.3) is 10.9 Å². The molecule has 0 aliphatic rings. The maximum absolute atomic E-state index is 13.1. The molecule has 5 heteroatoms. The molecule has 2 aromatic rings. The van der Waals surface area contributed by atoms with E-state index < -0.39 is 0 Å². The highest BCUT2D eigenvalue weighted by Gasteiger charge is 2.21. The fourth-order valence-corrected chi connectivity index (χ4v) is 3.66. The fraction of sp³-hybridized carbons (Fsp3) is 0.640. The number of nitrogens with zero attached hydrogens (tertiary/aromatic N) is 1. The highest BCUT2D eigenvalue weighted by atomic mass is 16.5. The van der Waals surface area contributed by atoms with Gasteiger partial charge in [-0.05, 0) is 38.8 Å². The topological polar surface area (TPSA) is 49.7 Å². The fourth-order valence-electron chi connectivity index (χ4n) is 3.66. The summed E-state index contributed by atoms with van der Waals surface area (Å²) >= 11 is 0. The van der Waals surface area contributed by atoms with Crippen LogP contribution < -0.4 is 19.8 Å². The molecule has 5 nitrogen and oxygen atoms in total. The number of benzene rings is 1. The minimum absolute atomic E-state index is 0.00703. The maximum Gasteiger partial charge on any atom is 0.297 e. The molecule has 1 heterocycles. The molecule has 0 spiro atoms. The van der Waals surface area contributed by atoms with Gasteiger partial charge in [-0.1, -0.05) is 52.4 Å². The normalized spacial score (nSPS) is 11.3. The van der Waals surface area contributed by atoms with E-state index in [2.05, 4.69) is 13.8 Å². The molecule has 30 heavy (non-hydrogen) atoms. The van der Waals surface area contributed by atoms with Gasteiger partial charge in [0.05, 0.1) is 25.8 Å². The number of ether oxygens (including phenoxy) is 3. The Morgan fingerprint density at radius 3 is 2.20 bits per heavy atom. The van der Waals surface area contributed by atoms with Gasteiger partial charge >= 0.3 is 0 Å². The summed E-state index contributed by atoms with van der Waals surface area (Å²) in [4.78, 5) is 13.1. The van der Waals surface area contributed by atoms with Crippen molar-refractivity contribution in [1.29, 1.82) is 0 Å². The Morgan fingerprint density at radius 1 is 0.867 bits per heavy atom. The van der Waals surface area contributed by atoms with Gasteiger partial charge in [0.2, 0.25) is 5.75 Å². The van der Waals surface area contributed by atoms with Crippen LogP contribution in [0.4, 0.5) is 0 Å². The van der Waals surface area contributed by atoms with Crippen LogP contribution in [0.5, 0.6) is 17.2 Å². The molecule has 0 N–H and O–H groups in total. The number of methoxy groups -OCH3 is 1. The van der Waals surface area contributed by atoms with Gasteiger partial charge in [-0.15, -0.1) is 0 Å². The second-order valence-corrected chi connectivity index (χ2v) is 8.13. The Kier molecular flexibility index (Phi) is 10.0. The molecule has 0 amide bonds. The first kappa shape index (κ1) is 24.1. The summed E-state index contributed by atoms with van der Waals surface area (Å²) in [7, 11) is 1.53. The van der Waals surface area contributed by atoms with Crippen LogP contribution >= 0.6 is 0 Å². The zero-order valence-electron chi connectivity index (χ0n) is 19.5. The van der Waals surface area contributed by atoms with Crippen molar-refractivity contribution in [2.75, 3.05) is 20.3 Å². The Balaban J connectivity index is 2.29. The third-order valence-corrected chi connectivity index (χ3v) is 5.32. The van der Waals surface area contributed by atoms with Gasteiger partial charge < -0.3 is 18.8 Å². The van der Waals surface area contributed by atoms with E-state index in [1.165, 1.54) is 39.2 Å². The third kappa shape index (κ3) is 6.16. The van der Waals surface area contributed by atoms with Crippen molar-refractivity contribution in [2.24, 2.45) is 0 Å². The minimum atomic E-state index is -0.167. The van der Waals surface area contributed by atoms with Gasteiger partial charge in [-0.3, -0.25) is 4.79 Å². The first-order chi connectivity index (χ1) is 14.5. The number of aromatic nitrogens is 1. The number of hydrogen-bond acceptors (Lipinski definition) is 4. The van der Waals surface area contributed by atoms with Gasteiger partial charge in [-0.25, -0.2) is 0 Å². The summed E-state index contributed by atoms with van der Waals surface area (Å²) < 4.78 is 19.2. The van der Waals surface area contributed by atoms with Crippen LogP contribution in [0, 0.1) is 0 Å². The molecule has 0 saturated heterocycles. The zero-order chi connectivity index (χ0) is 21.9. The summed E-state index contributed by atoms with van der Waals surface area (Å²) in [5.74, 6) is 1.59. The number of hydrogen-bond donors (Lipinski definition) is 0. The van der Waals surface area contributed by atoms with Crippen LogP contribution in [0.1, 0.15) is 85.1 Å². The molecular formula is C25H39NO4. The van der Waals surface area contributed by atoms with Crippen molar-refractivity contribution in [3.63, 3.8) is 0 Å². The Morgan fingerprint density at radius 2 is 1.53 bits per heavy atom.